The molecule has 0 radical (unpaired) electrons. The van der Waals surface area contributed by atoms with Gasteiger partial charge < -0.3 is 14.6 Å². The topological polar surface area (TPSA) is 38.7 Å². The highest BCUT2D eigenvalue weighted by Gasteiger charge is 2.27. The zero-order valence-electron chi connectivity index (χ0n) is 9.99. The van der Waals surface area contributed by atoms with Crippen molar-refractivity contribution in [2.24, 2.45) is 0 Å². The summed E-state index contributed by atoms with van der Waals surface area (Å²) in [5.74, 6) is 1.99. The summed E-state index contributed by atoms with van der Waals surface area (Å²) >= 11 is 0. The molecular formula is C13H18O3. The van der Waals surface area contributed by atoms with Crippen molar-refractivity contribution in [3.63, 3.8) is 0 Å². The van der Waals surface area contributed by atoms with Crippen LogP contribution in [0.5, 0.6) is 11.5 Å². The molecule has 0 fully saturated rings. The molecular weight excluding hydrogens is 204 g/mol. The second-order valence-electron chi connectivity index (χ2n) is 4.33. The van der Waals surface area contributed by atoms with Crippen LogP contribution >= 0.6 is 0 Å². The van der Waals surface area contributed by atoms with Crippen LogP contribution < -0.4 is 9.47 Å². The molecule has 88 valence electrons. The Bertz CT molecular complexity index is 387. The number of methoxy groups -OCH3 is 2. The second-order valence-corrected chi connectivity index (χ2v) is 4.33. The van der Waals surface area contributed by atoms with Crippen LogP contribution in [-0.2, 0) is 0 Å². The minimum absolute atomic E-state index is 0.393. The van der Waals surface area contributed by atoms with E-state index in [-0.39, 0.29) is 0 Å². The Morgan fingerprint density at radius 1 is 1.19 bits per heavy atom. The molecule has 1 aromatic carbocycles. The normalized spacial score (nSPS) is 23.8. The van der Waals surface area contributed by atoms with Crippen LogP contribution in [0.15, 0.2) is 12.1 Å². The largest absolute Gasteiger partial charge is 0.497 e. The monoisotopic (exact) mass is 222 g/mol. The highest BCUT2D eigenvalue weighted by atomic mass is 16.5. The average Bonchev–Trinajstić information content (AvgIpc) is 2.32. The van der Waals surface area contributed by atoms with E-state index in [9.17, 15) is 5.11 Å². The van der Waals surface area contributed by atoms with Crippen molar-refractivity contribution in [2.75, 3.05) is 14.2 Å². The molecule has 0 bridgehead atoms. The maximum absolute atomic E-state index is 10.0. The molecule has 16 heavy (non-hydrogen) atoms. The fourth-order valence-electron chi connectivity index (χ4n) is 2.42. The van der Waals surface area contributed by atoms with Crippen molar-refractivity contribution in [3.05, 3.63) is 23.3 Å². The SMILES string of the molecule is COc1cc(OC)c2c(c1)C(O)CCC2C. The Morgan fingerprint density at radius 2 is 1.94 bits per heavy atom. The molecule has 0 saturated carbocycles. The first-order valence-electron chi connectivity index (χ1n) is 5.61. The molecule has 0 spiro atoms. The summed E-state index contributed by atoms with van der Waals surface area (Å²) in [4.78, 5) is 0. The zero-order chi connectivity index (χ0) is 11.7. The number of fused-ring (bicyclic) bond motifs is 1. The minimum Gasteiger partial charge on any atom is -0.497 e. The van der Waals surface area contributed by atoms with Crippen LogP contribution in [0, 0.1) is 0 Å². The Labute approximate surface area is 96.0 Å². The van der Waals surface area contributed by atoms with Crippen LogP contribution in [0.2, 0.25) is 0 Å². The number of ether oxygens (including phenoxy) is 2. The lowest BCUT2D eigenvalue weighted by Gasteiger charge is -2.28. The van der Waals surface area contributed by atoms with E-state index in [0.717, 1.165) is 35.5 Å². The number of hydrogen-bond acceptors (Lipinski definition) is 3. The molecule has 0 aliphatic heterocycles. The average molecular weight is 222 g/mol. The molecule has 1 N–H and O–H groups in total. The third-order valence-corrected chi connectivity index (χ3v) is 3.33. The van der Waals surface area contributed by atoms with Crippen LogP contribution in [0.4, 0.5) is 0 Å². The van der Waals surface area contributed by atoms with Gasteiger partial charge in [-0.2, -0.15) is 0 Å². The Kier molecular flexibility index (Phi) is 3.06. The molecule has 0 heterocycles. The first kappa shape index (κ1) is 11.3. The molecule has 0 aromatic heterocycles. The van der Waals surface area contributed by atoms with E-state index in [2.05, 4.69) is 6.92 Å². The lowest BCUT2D eigenvalue weighted by atomic mass is 9.81. The first-order chi connectivity index (χ1) is 7.67. The van der Waals surface area contributed by atoms with Gasteiger partial charge in [-0.25, -0.2) is 0 Å². The van der Waals surface area contributed by atoms with Gasteiger partial charge in [-0.15, -0.1) is 0 Å². The Hall–Kier alpha value is -1.22. The fourth-order valence-corrected chi connectivity index (χ4v) is 2.42. The van der Waals surface area contributed by atoms with Crippen LogP contribution in [0.3, 0.4) is 0 Å². The molecule has 2 unspecified atom stereocenters. The van der Waals surface area contributed by atoms with Gasteiger partial charge in [0.15, 0.2) is 0 Å². The van der Waals surface area contributed by atoms with Gasteiger partial charge in [0.25, 0.3) is 0 Å². The maximum Gasteiger partial charge on any atom is 0.126 e. The predicted molar refractivity (Wildman–Crippen MR) is 62.2 cm³/mol. The maximum atomic E-state index is 10.0. The quantitative estimate of drug-likeness (QED) is 0.836. The van der Waals surface area contributed by atoms with Gasteiger partial charge in [0, 0.05) is 11.6 Å². The number of benzene rings is 1. The molecule has 0 amide bonds. The van der Waals surface area contributed by atoms with E-state index >= 15 is 0 Å². The molecule has 3 nitrogen and oxygen atoms in total. The van der Waals surface area contributed by atoms with Crippen molar-refractivity contribution < 1.29 is 14.6 Å². The molecule has 2 atom stereocenters. The molecule has 1 aliphatic carbocycles. The smallest absolute Gasteiger partial charge is 0.126 e. The highest BCUT2D eigenvalue weighted by Crippen LogP contribution is 2.44. The van der Waals surface area contributed by atoms with Gasteiger partial charge in [-0.3, -0.25) is 0 Å². The third kappa shape index (κ3) is 1.76. The van der Waals surface area contributed by atoms with Crippen LogP contribution in [-0.4, -0.2) is 19.3 Å². The lowest BCUT2D eigenvalue weighted by molar-refractivity contribution is 0.150. The van der Waals surface area contributed by atoms with E-state index in [4.69, 9.17) is 9.47 Å². The van der Waals surface area contributed by atoms with Gasteiger partial charge in [-0.1, -0.05) is 6.92 Å². The summed E-state index contributed by atoms with van der Waals surface area (Å²) < 4.78 is 10.6. The standard InChI is InChI=1S/C13H18O3/c1-8-4-5-11(14)10-6-9(15-2)7-12(16-3)13(8)10/h6-8,11,14H,4-5H2,1-3H3. The van der Waals surface area contributed by atoms with Crippen molar-refractivity contribution >= 4 is 0 Å². The van der Waals surface area contributed by atoms with Crippen molar-refractivity contribution in [3.8, 4) is 11.5 Å². The summed E-state index contributed by atoms with van der Waals surface area (Å²) in [6.07, 6.45) is 1.41. The van der Waals surface area contributed by atoms with Crippen molar-refractivity contribution in [1.29, 1.82) is 0 Å². The van der Waals surface area contributed by atoms with Gasteiger partial charge in [0.05, 0.1) is 20.3 Å². The molecule has 3 heteroatoms. The summed E-state index contributed by atoms with van der Waals surface area (Å²) in [6, 6.07) is 3.80. The van der Waals surface area contributed by atoms with E-state index in [0.29, 0.717) is 5.92 Å². The molecule has 1 aromatic rings. The Balaban J connectivity index is 2.58. The van der Waals surface area contributed by atoms with E-state index in [1.54, 1.807) is 14.2 Å². The van der Waals surface area contributed by atoms with Crippen LogP contribution in [0.25, 0.3) is 0 Å². The second kappa shape index (κ2) is 4.34. The summed E-state index contributed by atoms with van der Waals surface area (Å²) in [5.41, 5.74) is 2.08. The van der Waals surface area contributed by atoms with Crippen molar-refractivity contribution in [2.45, 2.75) is 31.8 Å². The van der Waals surface area contributed by atoms with E-state index in [1.165, 1.54) is 0 Å². The fraction of sp³-hybridized carbons (Fsp3) is 0.538. The number of aliphatic hydroxyl groups is 1. The van der Waals surface area contributed by atoms with Gasteiger partial charge in [0.1, 0.15) is 11.5 Å². The Morgan fingerprint density at radius 3 is 2.56 bits per heavy atom. The zero-order valence-corrected chi connectivity index (χ0v) is 9.99. The molecule has 1 aliphatic rings. The van der Waals surface area contributed by atoms with Gasteiger partial charge in [0.2, 0.25) is 0 Å². The van der Waals surface area contributed by atoms with Crippen molar-refractivity contribution in [1.82, 2.24) is 0 Å². The summed E-state index contributed by atoms with van der Waals surface area (Å²) in [6.45, 7) is 2.17. The number of rotatable bonds is 2. The number of aliphatic hydroxyl groups excluding tert-OH is 1. The minimum atomic E-state index is -0.393. The predicted octanol–water partition coefficient (Wildman–Crippen LogP) is 2.63. The molecule has 2 rings (SSSR count). The lowest BCUT2D eigenvalue weighted by Crippen LogP contribution is -2.14. The van der Waals surface area contributed by atoms with E-state index < -0.39 is 6.10 Å². The summed E-state index contributed by atoms with van der Waals surface area (Å²) in [5, 5.41) is 10.0. The summed E-state index contributed by atoms with van der Waals surface area (Å²) in [7, 11) is 3.28. The first-order valence-corrected chi connectivity index (χ1v) is 5.61. The highest BCUT2D eigenvalue weighted by molar-refractivity contribution is 5.50. The third-order valence-electron chi connectivity index (χ3n) is 3.33. The number of hydrogen-bond donors (Lipinski definition) is 1. The van der Waals surface area contributed by atoms with E-state index in [1.807, 2.05) is 12.1 Å². The van der Waals surface area contributed by atoms with Gasteiger partial charge in [-0.05, 0) is 30.4 Å². The van der Waals surface area contributed by atoms with Crippen LogP contribution in [0.1, 0.15) is 42.9 Å². The molecule has 0 saturated heterocycles. The van der Waals surface area contributed by atoms with Gasteiger partial charge >= 0.3 is 0 Å².